The first-order chi connectivity index (χ1) is 14.1. The Balaban J connectivity index is 1.44. The summed E-state index contributed by atoms with van der Waals surface area (Å²) >= 11 is 0. The summed E-state index contributed by atoms with van der Waals surface area (Å²) in [5.41, 5.74) is 2.03. The molecule has 2 aromatic carbocycles. The van der Waals surface area contributed by atoms with Crippen LogP contribution in [0.25, 0.3) is 0 Å². The fraction of sp³-hybridized carbons (Fsp3) is 0.318. The molecule has 0 bridgehead atoms. The zero-order valence-corrected chi connectivity index (χ0v) is 16.3. The molecule has 0 spiro atoms. The number of methoxy groups -OCH3 is 1. The third kappa shape index (κ3) is 3.81. The molecular weight excluding hydrogens is 370 g/mol. The zero-order chi connectivity index (χ0) is 20.4. The van der Waals surface area contributed by atoms with Gasteiger partial charge in [0.15, 0.2) is 0 Å². The summed E-state index contributed by atoms with van der Waals surface area (Å²) in [6.45, 7) is 2.65. The van der Waals surface area contributed by atoms with E-state index in [0.717, 1.165) is 24.5 Å². The van der Waals surface area contributed by atoms with Crippen LogP contribution in [0.4, 0.5) is 11.4 Å². The number of rotatable bonds is 4. The van der Waals surface area contributed by atoms with Crippen molar-refractivity contribution in [2.24, 2.45) is 0 Å². The zero-order valence-electron chi connectivity index (χ0n) is 16.3. The smallest absolute Gasteiger partial charge is 0.254 e. The number of benzene rings is 2. The number of amides is 3. The van der Waals surface area contributed by atoms with E-state index < -0.39 is 0 Å². The summed E-state index contributed by atoms with van der Waals surface area (Å²) in [5, 5.41) is 0. The minimum absolute atomic E-state index is 0.0868. The molecule has 2 aromatic rings. The summed E-state index contributed by atoms with van der Waals surface area (Å²) in [6, 6.07) is 14.7. The van der Waals surface area contributed by atoms with Gasteiger partial charge < -0.3 is 14.5 Å². The number of piperazine rings is 1. The van der Waals surface area contributed by atoms with E-state index in [1.165, 1.54) is 4.90 Å². The van der Waals surface area contributed by atoms with Gasteiger partial charge in [-0.25, -0.2) is 0 Å². The van der Waals surface area contributed by atoms with Gasteiger partial charge in [0.2, 0.25) is 11.8 Å². The van der Waals surface area contributed by atoms with Crippen LogP contribution in [0, 0.1) is 0 Å². The number of hydrogen-bond acceptors (Lipinski definition) is 5. The Labute approximate surface area is 169 Å². The van der Waals surface area contributed by atoms with Gasteiger partial charge >= 0.3 is 0 Å². The Kier molecular flexibility index (Phi) is 5.20. The highest BCUT2D eigenvalue weighted by atomic mass is 16.5. The van der Waals surface area contributed by atoms with Gasteiger partial charge in [-0.05, 0) is 30.3 Å². The Morgan fingerprint density at radius 1 is 0.862 bits per heavy atom. The number of imide groups is 1. The lowest BCUT2D eigenvalue weighted by Gasteiger charge is -2.36. The van der Waals surface area contributed by atoms with Crippen LogP contribution in [0.2, 0.25) is 0 Å². The van der Waals surface area contributed by atoms with Gasteiger partial charge in [0, 0.05) is 56.3 Å². The predicted octanol–water partition coefficient (Wildman–Crippen LogP) is 2.31. The summed E-state index contributed by atoms with van der Waals surface area (Å²) in [7, 11) is 1.65. The number of nitrogens with zero attached hydrogens (tertiary/aromatic N) is 3. The quantitative estimate of drug-likeness (QED) is 0.746. The van der Waals surface area contributed by atoms with Gasteiger partial charge in [0.05, 0.1) is 12.8 Å². The molecule has 2 fully saturated rings. The average molecular weight is 393 g/mol. The maximum atomic E-state index is 13.0. The molecule has 0 atom stereocenters. The van der Waals surface area contributed by atoms with Crippen molar-refractivity contribution in [2.75, 3.05) is 43.1 Å². The first-order valence-corrected chi connectivity index (χ1v) is 9.71. The number of carbonyl (C=O) groups is 3. The van der Waals surface area contributed by atoms with Crippen molar-refractivity contribution < 1.29 is 19.1 Å². The molecule has 0 unspecified atom stereocenters. The lowest BCUT2D eigenvalue weighted by atomic mass is 10.1. The molecule has 29 heavy (non-hydrogen) atoms. The molecule has 2 saturated heterocycles. The molecule has 150 valence electrons. The van der Waals surface area contributed by atoms with Gasteiger partial charge in [-0.1, -0.05) is 12.1 Å². The van der Waals surface area contributed by atoms with Crippen LogP contribution < -0.4 is 14.5 Å². The fourth-order valence-corrected chi connectivity index (χ4v) is 3.80. The van der Waals surface area contributed by atoms with E-state index in [0.29, 0.717) is 24.3 Å². The number of carbonyl (C=O) groups excluding carboxylic acids is 3. The molecule has 0 N–H and O–H groups in total. The number of ether oxygens (including phenoxy) is 1. The number of hydrogen-bond donors (Lipinski definition) is 0. The minimum atomic E-state index is -0.216. The van der Waals surface area contributed by atoms with Crippen LogP contribution >= 0.6 is 0 Å². The maximum absolute atomic E-state index is 13.0. The Morgan fingerprint density at radius 2 is 1.52 bits per heavy atom. The van der Waals surface area contributed by atoms with Crippen LogP contribution in [0.3, 0.4) is 0 Å². The van der Waals surface area contributed by atoms with Crippen LogP contribution in [-0.4, -0.2) is 55.9 Å². The van der Waals surface area contributed by atoms with Gasteiger partial charge in [0.1, 0.15) is 5.75 Å². The van der Waals surface area contributed by atoms with Crippen molar-refractivity contribution in [2.45, 2.75) is 12.8 Å². The van der Waals surface area contributed by atoms with Crippen molar-refractivity contribution in [3.63, 3.8) is 0 Å². The third-order valence-corrected chi connectivity index (χ3v) is 5.39. The first kappa shape index (κ1) is 19.0. The molecule has 0 aromatic heterocycles. The van der Waals surface area contributed by atoms with Crippen LogP contribution in [0.1, 0.15) is 23.2 Å². The average Bonchev–Trinajstić information content (AvgIpc) is 3.11. The van der Waals surface area contributed by atoms with Crippen molar-refractivity contribution in [3.8, 4) is 5.75 Å². The second kappa shape index (κ2) is 7.95. The summed E-state index contributed by atoms with van der Waals surface area (Å²) < 4.78 is 5.29. The molecule has 3 amide bonds. The Bertz CT molecular complexity index is 935. The predicted molar refractivity (Wildman–Crippen MR) is 109 cm³/mol. The fourth-order valence-electron chi connectivity index (χ4n) is 3.80. The molecule has 0 saturated carbocycles. The van der Waals surface area contributed by atoms with Gasteiger partial charge in [-0.3, -0.25) is 19.3 Å². The van der Waals surface area contributed by atoms with Crippen LogP contribution in [0.5, 0.6) is 5.75 Å². The standard InChI is InChI=1S/C22H23N3O4/c1-29-19-7-3-5-17(15-19)23-10-12-24(13-11-23)22(28)16-4-2-6-18(14-16)25-20(26)8-9-21(25)27/h2-7,14-15H,8-13H2,1H3. The van der Waals surface area contributed by atoms with Crippen molar-refractivity contribution in [3.05, 3.63) is 54.1 Å². The normalized spacial score (nSPS) is 17.1. The van der Waals surface area contributed by atoms with E-state index in [1.54, 1.807) is 31.4 Å². The minimum Gasteiger partial charge on any atom is -0.497 e. The Morgan fingerprint density at radius 3 is 2.21 bits per heavy atom. The summed E-state index contributed by atoms with van der Waals surface area (Å²) in [4.78, 5) is 42.1. The molecule has 0 radical (unpaired) electrons. The highest BCUT2D eigenvalue weighted by molar-refractivity contribution is 6.20. The van der Waals surface area contributed by atoms with Crippen LogP contribution in [0.15, 0.2) is 48.5 Å². The van der Waals surface area contributed by atoms with E-state index >= 15 is 0 Å². The molecule has 7 nitrogen and oxygen atoms in total. The molecular formula is C22H23N3O4. The lowest BCUT2D eigenvalue weighted by molar-refractivity contribution is -0.121. The SMILES string of the molecule is COc1cccc(N2CCN(C(=O)c3cccc(N4C(=O)CCC4=O)c3)CC2)c1. The molecule has 0 aliphatic carbocycles. The lowest BCUT2D eigenvalue weighted by Crippen LogP contribution is -2.48. The van der Waals surface area contributed by atoms with E-state index in [9.17, 15) is 14.4 Å². The van der Waals surface area contributed by atoms with E-state index in [-0.39, 0.29) is 30.6 Å². The van der Waals surface area contributed by atoms with E-state index in [1.807, 2.05) is 29.2 Å². The molecule has 2 aliphatic rings. The van der Waals surface area contributed by atoms with E-state index in [4.69, 9.17) is 4.74 Å². The van der Waals surface area contributed by atoms with E-state index in [2.05, 4.69) is 4.90 Å². The second-order valence-corrected chi connectivity index (χ2v) is 7.15. The Hall–Kier alpha value is -3.35. The molecule has 2 aliphatic heterocycles. The summed E-state index contributed by atoms with van der Waals surface area (Å²) in [6.07, 6.45) is 0.451. The van der Waals surface area contributed by atoms with Crippen molar-refractivity contribution >= 4 is 29.1 Å². The highest BCUT2D eigenvalue weighted by Gasteiger charge is 2.31. The third-order valence-electron chi connectivity index (χ3n) is 5.39. The molecule has 2 heterocycles. The van der Waals surface area contributed by atoms with Gasteiger partial charge in [0.25, 0.3) is 5.91 Å². The summed E-state index contributed by atoms with van der Waals surface area (Å²) in [5.74, 6) is 0.290. The second-order valence-electron chi connectivity index (χ2n) is 7.15. The van der Waals surface area contributed by atoms with Gasteiger partial charge in [-0.15, -0.1) is 0 Å². The first-order valence-electron chi connectivity index (χ1n) is 9.71. The van der Waals surface area contributed by atoms with Crippen LogP contribution in [-0.2, 0) is 9.59 Å². The monoisotopic (exact) mass is 393 g/mol. The van der Waals surface area contributed by atoms with Crippen molar-refractivity contribution in [1.82, 2.24) is 4.90 Å². The topological polar surface area (TPSA) is 70.2 Å². The maximum Gasteiger partial charge on any atom is 0.254 e. The highest BCUT2D eigenvalue weighted by Crippen LogP contribution is 2.25. The number of anilines is 2. The largest absolute Gasteiger partial charge is 0.497 e. The van der Waals surface area contributed by atoms with Gasteiger partial charge in [-0.2, -0.15) is 0 Å². The van der Waals surface area contributed by atoms with Crippen molar-refractivity contribution in [1.29, 1.82) is 0 Å². The molecule has 4 rings (SSSR count). The molecule has 7 heteroatoms.